The monoisotopic (exact) mass is 421 g/mol. The van der Waals surface area contributed by atoms with Gasteiger partial charge in [0.05, 0.1) is 22.2 Å². The van der Waals surface area contributed by atoms with Crippen molar-refractivity contribution in [3.8, 4) is 5.69 Å². The second-order valence-electron chi connectivity index (χ2n) is 7.18. The Morgan fingerprint density at radius 2 is 1.93 bits per heavy atom. The molecule has 1 heterocycles. The van der Waals surface area contributed by atoms with E-state index < -0.39 is 44.9 Å². The fourth-order valence-electron chi connectivity index (χ4n) is 2.52. The SMILES string of the molecule is CC(C)(C)OC(=O)N[C@@H](Cc1cncn1-c1ccc([N+](=O)[O-])cc1[N+](=O)[O-])C(=O)O. The van der Waals surface area contributed by atoms with Crippen LogP contribution in [-0.2, 0) is 16.0 Å². The van der Waals surface area contributed by atoms with Crippen LogP contribution in [0.1, 0.15) is 26.5 Å². The number of carbonyl (C=O) groups is 2. The van der Waals surface area contributed by atoms with E-state index in [9.17, 15) is 34.9 Å². The van der Waals surface area contributed by atoms with E-state index in [1.54, 1.807) is 20.8 Å². The third-order valence-corrected chi connectivity index (χ3v) is 3.74. The molecule has 2 aromatic rings. The smallest absolute Gasteiger partial charge is 0.408 e. The number of carboxylic acids is 1. The number of carboxylic acid groups (broad SMARTS) is 1. The lowest BCUT2D eigenvalue weighted by Crippen LogP contribution is -2.44. The number of amides is 1. The lowest BCUT2D eigenvalue weighted by atomic mass is 10.1. The largest absolute Gasteiger partial charge is 0.480 e. The summed E-state index contributed by atoms with van der Waals surface area (Å²) >= 11 is 0. The number of ether oxygens (including phenoxy) is 1. The Morgan fingerprint density at radius 1 is 1.27 bits per heavy atom. The molecule has 0 aliphatic heterocycles. The van der Waals surface area contributed by atoms with E-state index >= 15 is 0 Å². The lowest BCUT2D eigenvalue weighted by molar-refractivity contribution is -0.394. The molecule has 0 fully saturated rings. The van der Waals surface area contributed by atoms with E-state index in [0.717, 1.165) is 12.1 Å². The first-order valence-electron chi connectivity index (χ1n) is 8.56. The molecule has 0 unspecified atom stereocenters. The molecule has 0 saturated carbocycles. The van der Waals surface area contributed by atoms with Crippen LogP contribution >= 0.6 is 0 Å². The molecular weight excluding hydrogens is 402 g/mol. The summed E-state index contributed by atoms with van der Waals surface area (Å²) < 4.78 is 6.28. The maximum absolute atomic E-state index is 11.9. The molecular formula is C17H19N5O8. The number of nitro benzene ring substituents is 2. The Hall–Kier alpha value is -4.03. The standard InChI is InChI=1S/C17H19N5O8/c1-17(2,3)30-16(25)19-12(15(23)24)6-11-8-18-9-20(11)13-5-4-10(21(26)27)7-14(13)22(28)29/h4-5,7-9,12H,6H2,1-3H3,(H,19,25)(H,23,24)/t12-/m0/s1. The number of rotatable bonds is 7. The molecule has 13 heteroatoms. The number of hydrogen-bond donors (Lipinski definition) is 2. The molecule has 0 aliphatic carbocycles. The minimum absolute atomic E-state index is 0.0421. The van der Waals surface area contributed by atoms with Gasteiger partial charge in [-0.05, 0) is 26.8 Å². The molecule has 2 rings (SSSR count). The summed E-state index contributed by atoms with van der Waals surface area (Å²) in [7, 11) is 0. The van der Waals surface area contributed by atoms with Gasteiger partial charge >= 0.3 is 12.1 Å². The molecule has 1 amide bonds. The Bertz CT molecular complexity index is 994. The van der Waals surface area contributed by atoms with Crippen LogP contribution in [0.5, 0.6) is 0 Å². The van der Waals surface area contributed by atoms with E-state index in [4.69, 9.17) is 4.74 Å². The summed E-state index contributed by atoms with van der Waals surface area (Å²) in [6.45, 7) is 4.85. The first-order chi connectivity index (χ1) is 13.9. The molecule has 0 saturated heterocycles. The molecule has 0 radical (unpaired) electrons. The van der Waals surface area contributed by atoms with Crippen LogP contribution in [0, 0.1) is 20.2 Å². The molecule has 2 N–H and O–H groups in total. The van der Waals surface area contributed by atoms with Gasteiger partial charge in [0.1, 0.15) is 17.3 Å². The van der Waals surface area contributed by atoms with Gasteiger partial charge in [-0.15, -0.1) is 0 Å². The van der Waals surface area contributed by atoms with Crippen molar-refractivity contribution < 1.29 is 29.3 Å². The quantitative estimate of drug-likeness (QED) is 0.500. The second kappa shape index (κ2) is 8.55. The second-order valence-corrected chi connectivity index (χ2v) is 7.18. The summed E-state index contributed by atoms with van der Waals surface area (Å²) in [6, 6.07) is 1.64. The van der Waals surface area contributed by atoms with E-state index in [2.05, 4.69) is 10.3 Å². The highest BCUT2D eigenvalue weighted by atomic mass is 16.6. The number of carbonyl (C=O) groups excluding carboxylic acids is 1. The van der Waals surface area contributed by atoms with E-state index in [1.807, 2.05) is 0 Å². The molecule has 1 aromatic carbocycles. The van der Waals surface area contributed by atoms with E-state index in [1.165, 1.54) is 23.2 Å². The minimum Gasteiger partial charge on any atom is -0.480 e. The Labute approximate surface area is 169 Å². The van der Waals surface area contributed by atoms with Crippen LogP contribution in [0.3, 0.4) is 0 Å². The fourth-order valence-corrected chi connectivity index (χ4v) is 2.52. The first-order valence-corrected chi connectivity index (χ1v) is 8.56. The maximum Gasteiger partial charge on any atom is 0.408 e. The van der Waals surface area contributed by atoms with Crippen LogP contribution in [-0.4, -0.2) is 48.2 Å². The average Bonchev–Trinajstić information content (AvgIpc) is 3.06. The van der Waals surface area contributed by atoms with Gasteiger partial charge in [0.25, 0.3) is 11.4 Å². The van der Waals surface area contributed by atoms with Crippen LogP contribution in [0.25, 0.3) is 5.69 Å². The third-order valence-electron chi connectivity index (χ3n) is 3.74. The molecule has 160 valence electrons. The molecule has 1 atom stereocenters. The lowest BCUT2D eigenvalue weighted by Gasteiger charge is -2.22. The first kappa shape index (κ1) is 22.3. The van der Waals surface area contributed by atoms with Gasteiger partial charge in [-0.2, -0.15) is 0 Å². The van der Waals surface area contributed by atoms with Gasteiger partial charge in [0.15, 0.2) is 0 Å². The zero-order chi connectivity index (χ0) is 22.6. The summed E-state index contributed by atoms with van der Waals surface area (Å²) in [5.74, 6) is -1.35. The van der Waals surface area contributed by atoms with Crippen molar-refractivity contribution in [1.82, 2.24) is 14.9 Å². The molecule has 13 nitrogen and oxygen atoms in total. The number of hydrogen-bond acceptors (Lipinski definition) is 8. The van der Waals surface area contributed by atoms with Crippen molar-refractivity contribution in [2.45, 2.75) is 38.8 Å². The maximum atomic E-state index is 11.9. The van der Waals surface area contributed by atoms with Gasteiger partial charge in [0.2, 0.25) is 0 Å². The van der Waals surface area contributed by atoms with Crippen LogP contribution in [0.2, 0.25) is 0 Å². The fraction of sp³-hybridized carbons (Fsp3) is 0.353. The van der Waals surface area contributed by atoms with Crippen molar-refractivity contribution in [2.75, 3.05) is 0 Å². The number of non-ortho nitro benzene ring substituents is 1. The van der Waals surface area contributed by atoms with Gasteiger partial charge in [-0.3, -0.25) is 24.8 Å². The predicted octanol–water partition coefficient (Wildman–Crippen LogP) is 2.21. The molecule has 0 aliphatic rings. The van der Waals surface area contributed by atoms with Crippen LogP contribution < -0.4 is 5.32 Å². The highest BCUT2D eigenvalue weighted by molar-refractivity contribution is 5.80. The van der Waals surface area contributed by atoms with Crippen molar-refractivity contribution in [1.29, 1.82) is 0 Å². The number of aromatic nitrogens is 2. The van der Waals surface area contributed by atoms with Crippen molar-refractivity contribution >= 4 is 23.4 Å². The number of aliphatic carboxylic acids is 1. The number of benzene rings is 1. The summed E-state index contributed by atoms with van der Waals surface area (Å²) in [5.41, 5.74) is -1.69. The highest BCUT2D eigenvalue weighted by Gasteiger charge is 2.27. The van der Waals surface area contributed by atoms with Crippen molar-refractivity contribution in [3.05, 3.63) is 56.6 Å². The van der Waals surface area contributed by atoms with Gasteiger partial charge in [0, 0.05) is 24.4 Å². The zero-order valence-electron chi connectivity index (χ0n) is 16.3. The number of nitrogens with zero attached hydrogens (tertiary/aromatic N) is 4. The number of imidazole rings is 1. The molecule has 0 spiro atoms. The third kappa shape index (κ3) is 5.50. The van der Waals surface area contributed by atoms with Gasteiger partial charge in [-0.25, -0.2) is 14.6 Å². The van der Waals surface area contributed by atoms with Crippen molar-refractivity contribution in [3.63, 3.8) is 0 Å². The Balaban J connectivity index is 2.36. The minimum atomic E-state index is -1.41. The Kier molecular flexibility index (Phi) is 6.34. The van der Waals surface area contributed by atoms with Crippen molar-refractivity contribution in [2.24, 2.45) is 0 Å². The van der Waals surface area contributed by atoms with Gasteiger partial charge < -0.3 is 15.2 Å². The summed E-state index contributed by atoms with van der Waals surface area (Å²) in [6.07, 6.45) is 1.26. The number of nitrogens with one attached hydrogen (secondary N) is 1. The zero-order valence-corrected chi connectivity index (χ0v) is 16.3. The highest BCUT2D eigenvalue weighted by Crippen LogP contribution is 2.29. The average molecular weight is 421 g/mol. The summed E-state index contributed by atoms with van der Waals surface area (Å²) in [4.78, 5) is 48.1. The Morgan fingerprint density at radius 3 is 2.47 bits per heavy atom. The normalized spacial score (nSPS) is 12.1. The molecule has 30 heavy (non-hydrogen) atoms. The van der Waals surface area contributed by atoms with E-state index in [0.29, 0.717) is 0 Å². The topological polar surface area (TPSA) is 180 Å². The van der Waals surface area contributed by atoms with Gasteiger partial charge in [-0.1, -0.05) is 0 Å². The number of alkyl carbamates (subject to hydrolysis) is 1. The van der Waals surface area contributed by atoms with Crippen LogP contribution in [0.4, 0.5) is 16.2 Å². The molecule has 0 bridgehead atoms. The molecule has 1 aromatic heterocycles. The predicted molar refractivity (Wildman–Crippen MR) is 101 cm³/mol. The summed E-state index contributed by atoms with van der Waals surface area (Å²) in [5, 5.41) is 34.0. The van der Waals surface area contributed by atoms with Crippen LogP contribution in [0.15, 0.2) is 30.7 Å². The van der Waals surface area contributed by atoms with E-state index in [-0.39, 0.29) is 17.8 Å². The number of nitro groups is 2.